The molecule has 0 aromatic carbocycles. The molecule has 0 aromatic heterocycles. The Kier molecular flexibility index (Phi) is 4.52. The molecule has 0 unspecified atom stereocenters. The van der Waals surface area contributed by atoms with Gasteiger partial charge in [0.15, 0.2) is 0 Å². The maximum Gasteiger partial charge on any atom is 0.129 e. The summed E-state index contributed by atoms with van der Waals surface area (Å²) >= 11 is 1.54. The monoisotopic (exact) mass is 207 g/mol. The molecular formula is C7H14ClN3S. The van der Waals surface area contributed by atoms with Crippen molar-refractivity contribution in [1.82, 2.24) is 9.31 Å². The Morgan fingerprint density at radius 1 is 1.42 bits per heavy atom. The van der Waals surface area contributed by atoms with Gasteiger partial charge < -0.3 is 4.90 Å². The lowest BCUT2D eigenvalue weighted by Gasteiger charge is -2.28. The Morgan fingerprint density at radius 3 is 2.42 bits per heavy atom. The van der Waals surface area contributed by atoms with E-state index >= 15 is 0 Å². The van der Waals surface area contributed by atoms with Gasteiger partial charge in [0.2, 0.25) is 0 Å². The number of hydrazine groups is 1. The van der Waals surface area contributed by atoms with Gasteiger partial charge >= 0.3 is 0 Å². The van der Waals surface area contributed by atoms with Crippen LogP contribution in [-0.4, -0.2) is 23.4 Å². The molecule has 2 N–H and O–H groups in total. The fourth-order valence-corrected chi connectivity index (χ4v) is 1.60. The van der Waals surface area contributed by atoms with Crippen LogP contribution >= 0.6 is 24.4 Å². The van der Waals surface area contributed by atoms with Gasteiger partial charge in [0.25, 0.3) is 0 Å². The Balaban J connectivity index is 0.00000121. The molecular weight excluding hydrogens is 194 g/mol. The quantitative estimate of drug-likeness (QED) is 0.523. The van der Waals surface area contributed by atoms with E-state index < -0.39 is 0 Å². The van der Waals surface area contributed by atoms with Gasteiger partial charge in [0.1, 0.15) is 5.82 Å². The molecule has 12 heavy (non-hydrogen) atoms. The summed E-state index contributed by atoms with van der Waals surface area (Å²) < 4.78 is 1.66. The third-order valence-electron chi connectivity index (χ3n) is 1.39. The Morgan fingerprint density at radius 2 is 2.00 bits per heavy atom. The average molecular weight is 208 g/mol. The number of rotatable bonds is 1. The predicted octanol–water partition coefficient (Wildman–Crippen LogP) is 1.55. The SMILES string of the molecule is CC1=CC=C(N(C)C)N(N)S1.Cl. The standard InChI is InChI=1S/C7H13N3S.ClH/c1-6-4-5-7(9(2)3)10(8)11-6;/h4-5H,8H2,1-3H3;1H. The summed E-state index contributed by atoms with van der Waals surface area (Å²) in [5.41, 5.74) is 0. The van der Waals surface area contributed by atoms with Crippen molar-refractivity contribution in [2.75, 3.05) is 14.1 Å². The zero-order valence-corrected chi connectivity index (χ0v) is 9.08. The summed E-state index contributed by atoms with van der Waals surface area (Å²) in [7, 11) is 3.95. The molecule has 0 saturated carbocycles. The molecule has 70 valence electrons. The molecule has 1 aliphatic heterocycles. The van der Waals surface area contributed by atoms with E-state index in [1.54, 1.807) is 4.41 Å². The lowest BCUT2D eigenvalue weighted by atomic mass is 10.4. The first kappa shape index (κ1) is 11.7. The van der Waals surface area contributed by atoms with Gasteiger partial charge in [-0.3, -0.25) is 0 Å². The second-order valence-corrected chi connectivity index (χ2v) is 3.83. The minimum absolute atomic E-state index is 0. The average Bonchev–Trinajstić information content (AvgIpc) is 1.85. The largest absolute Gasteiger partial charge is 0.363 e. The highest BCUT2D eigenvalue weighted by molar-refractivity contribution is 8.00. The molecule has 1 aliphatic rings. The van der Waals surface area contributed by atoms with Crippen molar-refractivity contribution < 1.29 is 0 Å². The molecule has 0 aromatic rings. The second-order valence-electron chi connectivity index (χ2n) is 2.61. The van der Waals surface area contributed by atoms with Crippen molar-refractivity contribution in [3.05, 3.63) is 22.9 Å². The maximum atomic E-state index is 5.72. The minimum Gasteiger partial charge on any atom is -0.363 e. The topological polar surface area (TPSA) is 32.5 Å². The van der Waals surface area contributed by atoms with Gasteiger partial charge in [0.05, 0.1) is 0 Å². The highest BCUT2D eigenvalue weighted by atomic mass is 35.5. The lowest BCUT2D eigenvalue weighted by Crippen LogP contribution is -2.32. The van der Waals surface area contributed by atoms with Crippen LogP contribution in [0.25, 0.3) is 0 Å². The molecule has 0 spiro atoms. The van der Waals surface area contributed by atoms with Crippen LogP contribution in [0, 0.1) is 0 Å². The summed E-state index contributed by atoms with van der Waals surface area (Å²) in [4.78, 5) is 3.19. The van der Waals surface area contributed by atoms with Gasteiger partial charge in [-0.05, 0) is 19.1 Å². The summed E-state index contributed by atoms with van der Waals surface area (Å²) in [6.07, 6.45) is 4.06. The van der Waals surface area contributed by atoms with Crippen LogP contribution in [-0.2, 0) is 0 Å². The van der Waals surface area contributed by atoms with Crippen LogP contribution in [0.5, 0.6) is 0 Å². The number of halogens is 1. The van der Waals surface area contributed by atoms with E-state index in [4.69, 9.17) is 5.84 Å². The molecule has 3 nitrogen and oxygen atoms in total. The van der Waals surface area contributed by atoms with Gasteiger partial charge in [-0.15, -0.1) is 12.4 Å². The molecule has 0 saturated heterocycles. The second kappa shape index (κ2) is 4.64. The molecule has 0 radical (unpaired) electrons. The maximum absolute atomic E-state index is 5.72. The first-order chi connectivity index (χ1) is 5.11. The number of hydrogen-bond acceptors (Lipinski definition) is 4. The van der Waals surface area contributed by atoms with E-state index in [9.17, 15) is 0 Å². The van der Waals surface area contributed by atoms with Gasteiger partial charge in [-0.1, -0.05) is 0 Å². The first-order valence-corrected chi connectivity index (χ1v) is 4.17. The van der Waals surface area contributed by atoms with Crippen LogP contribution in [0.4, 0.5) is 0 Å². The third-order valence-corrected chi connectivity index (χ3v) is 2.20. The zero-order valence-electron chi connectivity index (χ0n) is 7.44. The van der Waals surface area contributed by atoms with Crippen molar-refractivity contribution in [2.45, 2.75) is 6.92 Å². The van der Waals surface area contributed by atoms with Crippen molar-refractivity contribution in [3.8, 4) is 0 Å². The van der Waals surface area contributed by atoms with E-state index in [1.807, 2.05) is 32.0 Å². The smallest absolute Gasteiger partial charge is 0.129 e. The van der Waals surface area contributed by atoms with Crippen LogP contribution in [0.1, 0.15) is 6.92 Å². The first-order valence-electron chi connectivity index (χ1n) is 3.40. The predicted molar refractivity (Wildman–Crippen MR) is 56.4 cm³/mol. The number of allylic oxidation sites excluding steroid dienone is 3. The fraction of sp³-hybridized carbons (Fsp3) is 0.429. The van der Waals surface area contributed by atoms with Crippen LogP contribution in [0.15, 0.2) is 22.9 Å². The molecule has 0 bridgehead atoms. The summed E-state index contributed by atoms with van der Waals surface area (Å²) in [6, 6.07) is 0. The number of nitrogens with two attached hydrogens (primary N) is 1. The van der Waals surface area contributed by atoms with E-state index in [2.05, 4.69) is 6.08 Å². The number of nitrogens with zero attached hydrogens (tertiary/aromatic N) is 2. The van der Waals surface area contributed by atoms with Crippen molar-refractivity contribution >= 4 is 24.4 Å². The Hall–Kier alpha value is -0.320. The van der Waals surface area contributed by atoms with Crippen molar-refractivity contribution in [3.63, 3.8) is 0 Å². The van der Waals surface area contributed by atoms with Gasteiger partial charge in [-0.25, -0.2) is 10.3 Å². The molecule has 5 heteroatoms. The highest BCUT2D eigenvalue weighted by Crippen LogP contribution is 2.26. The fourth-order valence-electron chi connectivity index (χ4n) is 0.844. The van der Waals surface area contributed by atoms with E-state index in [-0.39, 0.29) is 12.4 Å². The molecule has 0 aliphatic carbocycles. The third kappa shape index (κ3) is 2.62. The molecule has 0 atom stereocenters. The van der Waals surface area contributed by atoms with Crippen LogP contribution in [0.2, 0.25) is 0 Å². The zero-order chi connectivity index (χ0) is 8.43. The Bertz CT molecular complexity index is 213. The summed E-state index contributed by atoms with van der Waals surface area (Å²) in [5.74, 6) is 6.73. The molecule has 0 fully saturated rings. The minimum atomic E-state index is 0. The number of hydrogen-bond donors (Lipinski definition) is 1. The molecule has 1 heterocycles. The van der Waals surface area contributed by atoms with Gasteiger partial charge in [-0.2, -0.15) is 0 Å². The van der Waals surface area contributed by atoms with E-state index in [0.717, 1.165) is 5.82 Å². The van der Waals surface area contributed by atoms with Crippen molar-refractivity contribution in [1.29, 1.82) is 0 Å². The normalized spacial score (nSPS) is 16.2. The molecule has 1 rings (SSSR count). The Labute approximate surface area is 83.8 Å². The van der Waals surface area contributed by atoms with Crippen LogP contribution in [0.3, 0.4) is 0 Å². The van der Waals surface area contributed by atoms with E-state index in [1.165, 1.54) is 16.9 Å². The lowest BCUT2D eigenvalue weighted by molar-refractivity contribution is 0.387. The van der Waals surface area contributed by atoms with Crippen molar-refractivity contribution in [2.24, 2.45) is 5.84 Å². The summed E-state index contributed by atoms with van der Waals surface area (Å²) in [5, 5.41) is 0. The van der Waals surface area contributed by atoms with E-state index in [0.29, 0.717) is 0 Å². The summed E-state index contributed by atoms with van der Waals surface area (Å²) in [6.45, 7) is 2.04. The highest BCUT2D eigenvalue weighted by Gasteiger charge is 2.11. The van der Waals surface area contributed by atoms with Crippen LogP contribution < -0.4 is 5.84 Å². The molecule has 0 amide bonds. The van der Waals surface area contributed by atoms with Gasteiger partial charge in [0, 0.05) is 30.9 Å².